The second-order valence-electron chi connectivity index (χ2n) is 4.06. The summed E-state index contributed by atoms with van der Waals surface area (Å²) < 4.78 is 2.44. The maximum Gasteiger partial charge on any atom is 0.226 e. The van der Waals surface area contributed by atoms with Crippen molar-refractivity contribution >= 4 is 44.5 Å². The van der Waals surface area contributed by atoms with E-state index in [2.05, 4.69) is 37.5 Å². The zero-order valence-electron chi connectivity index (χ0n) is 10.8. The highest BCUT2D eigenvalue weighted by atomic mass is 79.9. The molecule has 0 aliphatic carbocycles. The molecule has 0 aliphatic heterocycles. The molecule has 2 aromatic rings. The lowest BCUT2D eigenvalue weighted by Crippen LogP contribution is -2.02. The van der Waals surface area contributed by atoms with Crippen molar-refractivity contribution in [2.45, 2.75) is 13.5 Å². The second-order valence-corrected chi connectivity index (χ2v) is 5.11. The molecule has 0 spiro atoms. The summed E-state index contributed by atoms with van der Waals surface area (Å²) >= 11 is 9.22. The summed E-state index contributed by atoms with van der Waals surface area (Å²) in [6.45, 7) is 6.48. The van der Waals surface area contributed by atoms with Crippen LogP contribution in [-0.4, -0.2) is 19.5 Å². The molecule has 0 aromatic carbocycles. The van der Waals surface area contributed by atoms with E-state index >= 15 is 0 Å². The van der Waals surface area contributed by atoms with E-state index in [1.807, 2.05) is 35.8 Å². The minimum absolute atomic E-state index is 0.0960. The molecule has 104 valence electrons. The second kappa shape index (κ2) is 6.19. The number of aromatic nitrogens is 4. The van der Waals surface area contributed by atoms with E-state index in [-0.39, 0.29) is 11.1 Å². The zero-order valence-corrected chi connectivity index (χ0v) is 13.2. The SMILES string of the molecule is C=C(/C=C\C=C/C)Cn1c(Br)nc2c(N)nc(Cl)nc21. The first-order valence-corrected chi connectivity index (χ1v) is 7.02. The molecule has 0 saturated heterocycles. The smallest absolute Gasteiger partial charge is 0.226 e. The summed E-state index contributed by atoms with van der Waals surface area (Å²) in [6, 6.07) is 0. The molecule has 0 bridgehead atoms. The largest absolute Gasteiger partial charge is 0.382 e. The molecule has 0 amide bonds. The predicted molar refractivity (Wildman–Crippen MR) is 85.5 cm³/mol. The van der Waals surface area contributed by atoms with Gasteiger partial charge in [0.15, 0.2) is 21.7 Å². The fourth-order valence-electron chi connectivity index (χ4n) is 1.67. The van der Waals surface area contributed by atoms with Gasteiger partial charge in [0.05, 0.1) is 6.54 Å². The van der Waals surface area contributed by atoms with Crippen LogP contribution in [0.3, 0.4) is 0 Å². The Morgan fingerprint density at radius 3 is 2.85 bits per heavy atom. The highest BCUT2D eigenvalue weighted by molar-refractivity contribution is 9.10. The summed E-state index contributed by atoms with van der Waals surface area (Å²) in [5.74, 6) is 0.259. The molecule has 0 fully saturated rings. The molecule has 5 nitrogen and oxygen atoms in total. The van der Waals surface area contributed by atoms with E-state index in [1.165, 1.54) is 0 Å². The zero-order chi connectivity index (χ0) is 14.7. The summed E-state index contributed by atoms with van der Waals surface area (Å²) in [5, 5.41) is 0.0960. The number of nitrogen functional groups attached to an aromatic ring is 1. The van der Waals surface area contributed by atoms with Crippen LogP contribution >= 0.6 is 27.5 Å². The third kappa shape index (κ3) is 3.08. The molecule has 20 heavy (non-hydrogen) atoms. The van der Waals surface area contributed by atoms with E-state index < -0.39 is 0 Å². The predicted octanol–water partition coefficient (Wildman–Crippen LogP) is 3.51. The maximum absolute atomic E-state index is 5.84. The van der Waals surface area contributed by atoms with Crippen LogP contribution in [0.25, 0.3) is 11.2 Å². The van der Waals surface area contributed by atoms with Crippen molar-refractivity contribution in [1.82, 2.24) is 19.5 Å². The van der Waals surface area contributed by atoms with Crippen LogP contribution in [0.15, 0.2) is 41.2 Å². The lowest BCUT2D eigenvalue weighted by atomic mass is 10.2. The Morgan fingerprint density at radius 2 is 2.15 bits per heavy atom. The van der Waals surface area contributed by atoms with Gasteiger partial charge >= 0.3 is 0 Å². The van der Waals surface area contributed by atoms with Crippen molar-refractivity contribution in [3.63, 3.8) is 0 Å². The van der Waals surface area contributed by atoms with E-state index in [0.29, 0.717) is 22.4 Å². The number of nitrogens with zero attached hydrogens (tertiary/aromatic N) is 4. The normalized spacial score (nSPS) is 11.9. The molecule has 7 heteroatoms. The van der Waals surface area contributed by atoms with Crippen LogP contribution in [0.2, 0.25) is 5.28 Å². The standard InChI is InChI=1S/C13H13BrClN5/c1-3-4-5-6-8(2)7-20-11-9(17-12(20)14)10(16)18-13(15)19-11/h3-6H,2,7H2,1H3,(H2,16,18,19)/b4-3-,6-5-. The molecule has 0 atom stereocenters. The van der Waals surface area contributed by atoms with Gasteiger partial charge in [-0.15, -0.1) is 0 Å². The highest BCUT2D eigenvalue weighted by Gasteiger charge is 2.14. The lowest BCUT2D eigenvalue weighted by molar-refractivity contribution is 0.791. The van der Waals surface area contributed by atoms with Crippen LogP contribution in [0, 0.1) is 0 Å². The van der Waals surface area contributed by atoms with E-state index in [9.17, 15) is 0 Å². The Labute approximate surface area is 130 Å². The number of imidazole rings is 1. The van der Waals surface area contributed by atoms with Crippen molar-refractivity contribution in [2.24, 2.45) is 0 Å². The van der Waals surface area contributed by atoms with Gasteiger partial charge in [-0.3, -0.25) is 4.57 Å². The Morgan fingerprint density at radius 1 is 1.40 bits per heavy atom. The van der Waals surface area contributed by atoms with Gasteiger partial charge in [0, 0.05) is 0 Å². The van der Waals surface area contributed by atoms with Gasteiger partial charge in [0.1, 0.15) is 0 Å². The topological polar surface area (TPSA) is 69.6 Å². The first-order valence-electron chi connectivity index (χ1n) is 5.84. The Hall–Kier alpha value is -1.66. The Bertz CT molecular complexity index is 717. The fourth-order valence-corrected chi connectivity index (χ4v) is 2.31. The average Bonchev–Trinajstić information content (AvgIpc) is 2.68. The summed E-state index contributed by atoms with van der Waals surface area (Å²) in [4.78, 5) is 12.4. The molecule has 2 rings (SSSR count). The number of allylic oxidation sites excluding steroid dienone is 5. The van der Waals surface area contributed by atoms with Gasteiger partial charge in [-0.1, -0.05) is 30.9 Å². The lowest BCUT2D eigenvalue weighted by Gasteiger charge is -2.05. The van der Waals surface area contributed by atoms with Crippen LogP contribution < -0.4 is 5.73 Å². The molecule has 0 unspecified atom stereocenters. The van der Waals surface area contributed by atoms with Gasteiger partial charge in [-0.25, -0.2) is 4.98 Å². The number of fused-ring (bicyclic) bond motifs is 1. The first-order chi connectivity index (χ1) is 9.52. The third-order valence-corrected chi connectivity index (χ3v) is 3.32. The van der Waals surface area contributed by atoms with Crippen LogP contribution in [-0.2, 0) is 6.54 Å². The number of rotatable bonds is 4. The summed E-state index contributed by atoms with van der Waals surface area (Å²) in [6.07, 6.45) is 7.72. The molecule has 2 N–H and O–H groups in total. The average molecular weight is 355 g/mol. The number of anilines is 1. The van der Waals surface area contributed by atoms with Gasteiger partial charge in [0.25, 0.3) is 0 Å². The first kappa shape index (κ1) is 14.7. The van der Waals surface area contributed by atoms with E-state index in [0.717, 1.165) is 5.57 Å². The van der Waals surface area contributed by atoms with E-state index in [4.69, 9.17) is 17.3 Å². The summed E-state index contributed by atoms with van der Waals surface area (Å²) in [7, 11) is 0. The molecular formula is C13H13BrClN5. The molecular weight excluding hydrogens is 342 g/mol. The van der Waals surface area contributed by atoms with Crippen LogP contribution in [0.1, 0.15) is 6.92 Å². The van der Waals surface area contributed by atoms with Crippen molar-refractivity contribution in [3.05, 3.63) is 46.5 Å². The molecule has 2 heterocycles. The van der Waals surface area contributed by atoms with Gasteiger partial charge in [0.2, 0.25) is 5.28 Å². The number of hydrogen-bond acceptors (Lipinski definition) is 4. The summed E-state index contributed by atoms with van der Waals surface area (Å²) in [5.41, 5.74) is 7.79. The Kier molecular flexibility index (Phi) is 4.57. The molecule has 0 saturated carbocycles. The number of hydrogen-bond donors (Lipinski definition) is 1. The highest BCUT2D eigenvalue weighted by Crippen LogP contribution is 2.24. The van der Waals surface area contributed by atoms with Gasteiger partial charge in [-0.05, 0) is 40.0 Å². The Balaban J connectivity index is 2.39. The number of nitrogens with two attached hydrogens (primary N) is 1. The van der Waals surface area contributed by atoms with E-state index in [1.54, 1.807) is 0 Å². The van der Waals surface area contributed by atoms with Gasteiger partial charge in [-0.2, -0.15) is 9.97 Å². The number of halogens is 2. The van der Waals surface area contributed by atoms with Gasteiger partial charge < -0.3 is 5.73 Å². The van der Waals surface area contributed by atoms with Crippen molar-refractivity contribution in [1.29, 1.82) is 0 Å². The van der Waals surface area contributed by atoms with Crippen molar-refractivity contribution in [3.8, 4) is 0 Å². The molecule has 0 radical (unpaired) electrons. The van der Waals surface area contributed by atoms with Crippen LogP contribution in [0.4, 0.5) is 5.82 Å². The van der Waals surface area contributed by atoms with Crippen LogP contribution in [0.5, 0.6) is 0 Å². The minimum Gasteiger partial charge on any atom is -0.382 e. The quantitative estimate of drug-likeness (QED) is 0.518. The molecule has 0 aliphatic rings. The van der Waals surface area contributed by atoms with Crippen molar-refractivity contribution in [2.75, 3.05) is 5.73 Å². The monoisotopic (exact) mass is 353 g/mol. The fraction of sp³-hybridized carbons (Fsp3) is 0.154. The third-order valence-electron chi connectivity index (χ3n) is 2.54. The van der Waals surface area contributed by atoms with Crippen molar-refractivity contribution < 1.29 is 0 Å². The molecule has 2 aromatic heterocycles. The minimum atomic E-state index is 0.0960. The maximum atomic E-state index is 5.84.